The zero-order valence-electron chi connectivity index (χ0n) is 17.1. The van der Waals surface area contributed by atoms with E-state index in [1.807, 2.05) is 0 Å². The Hall–Kier alpha value is -3.13. The Balaban J connectivity index is 2.17. The topological polar surface area (TPSA) is 97.7 Å². The lowest BCUT2D eigenvalue weighted by Crippen LogP contribution is -2.66. The number of β-lactam (4-membered cyclic amide) rings is 1. The predicted molar refractivity (Wildman–Crippen MR) is 106 cm³/mol. The highest BCUT2D eigenvalue weighted by Crippen LogP contribution is 2.51. The number of hydrogen-bond acceptors (Lipinski definition) is 7. The Bertz CT molecular complexity index is 902. The minimum atomic E-state index is -1.06. The van der Waals surface area contributed by atoms with Crippen molar-refractivity contribution in [2.24, 2.45) is 0 Å². The number of phenols is 1. The summed E-state index contributed by atoms with van der Waals surface area (Å²) in [6.45, 7) is 1.61. The number of anilines is 1. The predicted octanol–water partition coefficient (Wildman–Crippen LogP) is 2.44. The van der Waals surface area contributed by atoms with E-state index in [2.05, 4.69) is 0 Å². The van der Waals surface area contributed by atoms with Gasteiger partial charge in [-0.1, -0.05) is 6.07 Å². The summed E-state index contributed by atoms with van der Waals surface area (Å²) in [5.74, 6) is 1.22. The van der Waals surface area contributed by atoms with Crippen molar-refractivity contribution in [2.45, 2.75) is 25.0 Å². The highest BCUT2D eigenvalue weighted by Gasteiger charge is 2.56. The molecular weight excluding hydrogens is 378 g/mol. The van der Waals surface area contributed by atoms with Crippen LogP contribution in [0.4, 0.5) is 5.69 Å². The quantitative estimate of drug-likeness (QED) is 0.685. The molecule has 1 unspecified atom stereocenters. The SMILES string of the molecule is COc1ccc([C@@]2(C(C)O)CC(=O)N2c2cc(OC)c(OC)c(OC)c2)cc1O. The van der Waals surface area contributed by atoms with Crippen molar-refractivity contribution in [3.8, 4) is 28.7 Å². The van der Waals surface area contributed by atoms with Gasteiger partial charge in [-0.2, -0.15) is 0 Å². The van der Waals surface area contributed by atoms with E-state index in [9.17, 15) is 15.0 Å². The number of methoxy groups -OCH3 is 4. The van der Waals surface area contributed by atoms with Gasteiger partial charge < -0.3 is 29.2 Å². The highest BCUT2D eigenvalue weighted by atomic mass is 16.5. The number of amides is 1. The molecule has 1 aliphatic heterocycles. The van der Waals surface area contributed by atoms with E-state index in [1.165, 1.54) is 39.4 Å². The zero-order valence-corrected chi connectivity index (χ0v) is 17.1. The molecule has 1 fully saturated rings. The van der Waals surface area contributed by atoms with E-state index < -0.39 is 11.6 Å². The number of ether oxygens (including phenoxy) is 4. The Kier molecular flexibility index (Phi) is 5.48. The number of aliphatic hydroxyl groups is 1. The van der Waals surface area contributed by atoms with Gasteiger partial charge in [-0.05, 0) is 24.6 Å². The van der Waals surface area contributed by atoms with E-state index in [0.717, 1.165) is 0 Å². The maximum Gasteiger partial charge on any atom is 0.230 e. The van der Waals surface area contributed by atoms with Crippen LogP contribution in [0.1, 0.15) is 18.9 Å². The fraction of sp³-hybridized carbons (Fsp3) is 0.381. The molecule has 1 aliphatic rings. The van der Waals surface area contributed by atoms with E-state index in [0.29, 0.717) is 34.2 Å². The van der Waals surface area contributed by atoms with Crippen LogP contribution in [0, 0.1) is 0 Å². The molecule has 8 nitrogen and oxygen atoms in total. The van der Waals surface area contributed by atoms with Crippen LogP contribution in [0.2, 0.25) is 0 Å². The van der Waals surface area contributed by atoms with Crippen LogP contribution in [0.15, 0.2) is 30.3 Å². The first-order valence-electron chi connectivity index (χ1n) is 9.02. The van der Waals surface area contributed by atoms with Gasteiger partial charge in [0.1, 0.15) is 5.54 Å². The number of carbonyl (C=O) groups is 1. The molecule has 1 amide bonds. The average Bonchev–Trinajstić information content (AvgIpc) is 2.70. The van der Waals surface area contributed by atoms with Crippen molar-refractivity contribution in [1.82, 2.24) is 0 Å². The number of aliphatic hydroxyl groups excluding tert-OH is 1. The van der Waals surface area contributed by atoms with E-state index in [-0.39, 0.29) is 18.1 Å². The summed E-state index contributed by atoms with van der Waals surface area (Å²) in [7, 11) is 5.92. The van der Waals surface area contributed by atoms with Gasteiger partial charge in [0.15, 0.2) is 23.0 Å². The second kappa shape index (κ2) is 7.71. The van der Waals surface area contributed by atoms with Crippen LogP contribution in [0.5, 0.6) is 28.7 Å². The zero-order chi connectivity index (χ0) is 21.3. The molecule has 0 aromatic heterocycles. The molecule has 2 N–H and O–H groups in total. The average molecular weight is 403 g/mol. The minimum absolute atomic E-state index is 0.0748. The summed E-state index contributed by atoms with van der Waals surface area (Å²) < 4.78 is 21.2. The van der Waals surface area contributed by atoms with Crippen molar-refractivity contribution < 1.29 is 34.0 Å². The second-order valence-electron chi connectivity index (χ2n) is 6.78. The molecule has 8 heteroatoms. The monoisotopic (exact) mass is 403 g/mol. The van der Waals surface area contributed by atoms with Crippen molar-refractivity contribution in [3.05, 3.63) is 35.9 Å². The highest BCUT2D eigenvalue weighted by molar-refractivity contribution is 6.04. The first-order valence-corrected chi connectivity index (χ1v) is 9.02. The van der Waals surface area contributed by atoms with Crippen LogP contribution in [-0.2, 0) is 10.3 Å². The van der Waals surface area contributed by atoms with Gasteiger partial charge in [0.25, 0.3) is 0 Å². The van der Waals surface area contributed by atoms with Crippen LogP contribution in [0.3, 0.4) is 0 Å². The molecule has 156 valence electrons. The van der Waals surface area contributed by atoms with Gasteiger partial charge in [0.05, 0.1) is 46.7 Å². The van der Waals surface area contributed by atoms with Crippen molar-refractivity contribution in [1.29, 1.82) is 0 Å². The number of benzene rings is 2. The molecule has 2 atom stereocenters. The van der Waals surface area contributed by atoms with E-state index >= 15 is 0 Å². The number of rotatable bonds is 7. The van der Waals surface area contributed by atoms with Gasteiger partial charge in [-0.15, -0.1) is 0 Å². The first kappa shape index (κ1) is 20.6. The molecule has 1 heterocycles. The van der Waals surface area contributed by atoms with Crippen LogP contribution in [-0.4, -0.2) is 50.7 Å². The lowest BCUT2D eigenvalue weighted by atomic mass is 9.73. The van der Waals surface area contributed by atoms with E-state index in [4.69, 9.17) is 18.9 Å². The fourth-order valence-corrected chi connectivity index (χ4v) is 3.86. The molecule has 0 saturated carbocycles. The van der Waals surface area contributed by atoms with Gasteiger partial charge in [-0.3, -0.25) is 9.69 Å². The molecule has 1 saturated heterocycles. The third-order valence-electron chi connectivity index (χ3n) is 5.35. The third kappa shape index (κ3) is 3.09. The van der Waals surface area contributed by atoms with Gasteiger partial charge in [0, 0.05) is 12.1 Å². The normalized spacial score (nSPS) is 19.4. The molecule has 0 spiro atoms. The second-order valence-corrected chi connectivity index (χ2v) is 6.78. The van der Waals surface area contributed by atoms with Crippen molar-refractivity contribution in [3.63, 3.8) is 0 Å². The lowest BCUT2D eigenvalue weighted by Gasteiger charge is -2.54. The van der Waals surface area contributed by atoms with Crippen LogP contribution in [0.25, 0.3) is 0 Å². The fourth-order valence-electron chi connectivity index (χ4n) is 3.86. The molecule has 2 aromatic carbocycles. The first-order chi connectivity index (χ1) is 13.8. The molecule has 0 aliphatic carbocycles. The summed E-state index contributed by atoms with van der Waals surface area (Å²) in [6, 6.07) is 8.13. The van der Waals surface area contributed by atoms with Crippen LogP contribution >= 0.6 is 0 Å². The summed E-state index contributed by atoms with van der Waals surface area (Å²) >= 11 is 0. The molecule has 0 bridgehead atoms. The van der Waals surface area contributed by atoms with Gasteiger partial charge >= 0.3 is 0 Å². The summed E-state index contributed by atoms with van der Waals surface area (Å²) in [6.07, 6.45) is -0.848. The lowest BCUT2D eigenvalue weighted by molar-refractivity contribution is -0.132. The van der Waals surface area contributed by atoms with E-state index in [1.54, 1.807) is 31.2 Å². The number of aromatic hydroxyl groups is 1. The molecule has 2 aromatic rings. The largest absolute Gasteiger partial charge is 0.504 e. The number of phenolic OH excluding ortho intramolecular Hbond substituents is 1. The van der Waals surface area contributed by atoms with Crippen molar-refractivity contribution >= 4 is 11.6 Å². The minimum Gasteiger partial charge on any atom is -0.504 e. The van der Waals surface area contributed by atoms with Gasteiger partial charge in [-0.25, -0.2) is 0 Å². The van der Waals surface area contributed by atoms with Crippen LogP contribution < -0.4 is 23.8 Å². The summed E-state index contributed by atoms with van der Waals surface area (Å²) in [5, 5.41) is 20.9. The smallest absolute Gasteiger partial charge is 0.230 e. The molecule has 0 radical (unpaired) electrons. The van der Waals surface area contributed by atoms with Crippen molar-refractivity contribution in [2.75, 3.05) is 33.3 Å². The van der Waals surface area contributed by atoms with Gasteiger partial charge in [0.2, 0.25) is 11.7 Å². The summed E-state index contributed by atoms with van der Waals surface area (Å²) in [4.78, 5) is 14.2. The standard InChI is InChI=1S/C21H25NO7/c1-12(23)21(13-6-7-16(26-2)15(24)8-13)11-19(25)22(21)14-9-17(27-3)20(29-5)18(10-14)28-4/h6-10,12,23-24H,11H2,1-5H3/t12?,21-/m0/s1. The third-order valence-corrected chi connectivity index (χ3v) is 5.35. The maximum atomic E-state index is 12.7. The number of hydrogen-bond donors (Lipinski definition) is 2. The molecular formula is C21H25NO7. The Labute approximate surface area is 169 Å². The number of nitrogens with zero attached hydrogens (tertiary/aromatic N) is 1. The molecule has 29 heavy (non-hydrogen) atoms. The Morgan fingerprint density at radius 2 is 1.55 bits per heavy atom. The summed E-state index contributed by atoms with van der Waals surface area (Å²) in [5.41, 5.74) is -0.00283. The number of carbonyl (C=O) groups excluding carboxylic acids is 1. The Morgan fingerprint density at radius 3 is 1.97 bits per heavy atom. The maximum absolute atomic E-state index is 12.7. The molecule has 3 rings (SSSR count). The Morgan fingerprint density at radius 1 is 0.966 bits per heavy atom.